The molecule has 0 unspecified atom stereocenters. The third-order valence-electron chi connectivity index (χ3n) is 4.73. The highest BCUT2D eigenvalue weighted by Crippen LogP contribution is 2.36. The Morgan fingerprint density at radius 3 is 2.27 bits per heavy atom. The lowest BCUT2D eigenvalue weighted by Crippen LogP contribution is -2.10. The molecule has 33 heavy (non-hydrogen) atoms. The van der Waals surface area contributed by atoms with E-state index in [1.165, 1.54) is 6.07 Å². The van der Waals surface area contributed by atoms with Crippen molar-refractivity contribution in [3.05, 3.63) is 90.3 Å². The number of carbonyl (C=O) groups is 2. The molecule has 4 rings (SSSR count). The van der Waals surface area contributed by atoms with Crippen LogP contribution in [-0.2, 0) is 16.1 Å². The van der Waals surface area contributed by atoms with E-state index in [9.17, 15) is 14.0 Å². The van der Waals surface area contributed by atoms with E-state index in [1.54, 1.807) is 12.1 Å². The molecule has 1 aromatic heterocycles. The van der Waals surface area contributed by atoms with E-state index in [4.69, 9.17) is 20.7 Å². The molecule has 170 valence electrons. The van der Waals surface area contributed by atoms with Gasteiger partial charge in [-0.25, -0.2) is 14.0 Å². The normalized spacial score (nSPS) is 10.8. The fourth-order valence-electron chi connectivity index (χ4n) is 3.49. The van der Waals surface area contributed by atoms with Crippen LogP contribution in [0.2, 0.25) is 0 Å². The Morgan fingerprint density at radius 2 is 1.61 bits per heavy atom. The smallest absolute Gasteiger partial charge is 0.328 e. The van der Waals surface area contributed by atoms with Crippen molar-refractivity contribution in [1.29, 1.82) is 0 Å². The number of carboxylic acid groups (broad SMARTS) is 2. The molecule has 0 amide bonds. The van der Waals surface area contributed by atoms with E-state index in [-0.39, 0.29) is 5.82 Å². The van der Waals surface area contributed by atoms with Crippen LogP contribution in [-0.4, -0.2) is 39.9 Å². The number of para-hydroxylation sites is 1. The highest BCUT2D eigenvalue weighted by atomic mass is 19.1. The number of nitrogens with zero attached hydrogens (tertiary/aromatic N) is 1. The summed E-state index contributed by atoms with van der Waals surface area (Å²) in [6, 6.07) is 21.0. The SMILES string of the molecule is NCCOc1cccc2c1c1ccccc1n2Cc1cccc(F)c1.O=C(O)/C=C/C(=O)O. The van der Waals surface area contributed by atoms with Crippen LogP contribution in [0, 0.1) is 5.82 Å². The Bertz CT molecular complexity index is 1300. The molecular formula is C25H23FN2O5. The van der Waals surface area contributed by atoms with Gasteiger partial charge in [0.25, 0.3) is 0 Å². The summed E-state index contributed by atoms with van der Waals surface area (Å²) in [5.41, 5.74) is 8.69. The van der Waals surface area contributed by atoms with Gasteiger partial charge in [-0.05, 0) is 35.9 Å². The first-order chi connectivity index (χ1) is 15.9. The Balaban J connectivity index is 0.000000331. The first-order valence-corrected chi connectivity index (χ1v) is 10.1. The number of halogens is 1. The van der Waals surface area contributed by atoms with Crippen molar-refractivity contribution in [2.75, 3.05) is 13.2 Å². The van der Waals surface area contributed by atoms with Crippen LogP contribution in [0.4, 0.5) is 4.39 Å². The number of carboxylic acids is 2. The molecule has 4 aromatic rings. The monoisotopic (exact) mass is 450 g/mol. The van der Waals surface area contributed by atoms with Crippen molar-refractivity contribution < 1.29 is 28.9 Å². The van der Waals surface area contributed by atoms with Gasteiger partial charge in [-0.2, -0.15) is 0 Å². The number of rotatable bonds is 7. The van der Waals surface area contributed by atoms with Gasteiger partial charge in [0.2, 0.25) is 0 Å². The second-order valence-electron chi connectivity index (χ2n) is 7.03. The van der Waals surface area contributed by atoms with Crippen LogP contribution in [0.3, 0.4) is 0 Å². The van der Waals surface area contributed by atoms with Crippen LogP contribution in [0.1, 0.15) is 5.56 Å². The van der Waals surface area contributed by atoms with E-state index in [0.29, 0.717) is 31.8 Å². The lowest BCUT2D eigenvalue weighted by Gasteiger charge is -2.09. The molecule has 0 aliphatic rings. The van der Waals surface area contributed by atoms with Crippen LogP contribution in [0.15, 0.2) is 78.9 Å². The molecule has 0 aliphatic carbocycles. The number of hydrogen-bond acceptors (Lipinski definition) is 4. The molecule has 0 fully saturated rings. The first-order valence-electron chi connectivity index (χ1n) is 10.1. The van der Waals surface area contributed by atoms with Gasteiger partial charge in [0.15, 0.2) is 0 Å². The van der Waals surface area contributed by atoms with Crippen LogP contribution >= 0.6 is 0 Å². The van der Waals surface area contributed by atoms with Crippen LogP contribution < -0.4 is 10.5 Å². The minimum atomic E-state index is -1.26. The summed E-state index contributed by atoms with van der Waals surface area (Å²) < 4.78 is 21.7. The number of fused-ring (bicyclic) bond motifs is 3. The van der Waals surface area contributed by atoms with Crippen molar-refractivity contribution in [2.24, 2.45) is 5.73 Å². The lowest BCUT2D eigenvalue weighted by atomic mass is 10.1. The summed E-state index contributed by atoms with van der Waals surface area (Å²) >= 11 is 0. The minimum Gasteiger partial charge on any atom is -0.492 e. The number of aliphatic carboxylic acids is 2. The maximum Gasteiger partial charge on any atom is 0.328 e. The van der Waals surface area contributed by atoms with Gasteiger partial charge in [-0.15, -0.1) is 0 Å². The highest BCUT2D eigenvalue weighted by Gasteiger charge is 2.14. The number of hydrogen-bond donors (Lipinski definition) is 3. The zero-order chi connectivity index (χ0) is 23.8. The van der Waals surface area contributed by atoms with Gasteiger partial charge >= 0.3 is 11.9 Å². The van der Waals surface area contributed by atoms with Gasteiger partial charge in [0, 0.05) is 41.5 Å². The highest BCUT2D eigenvalue weighted by molar-refractivity contribution is 6.11. The van der Waals surface area contributed by atoms with Gasteiger partial charge in [0.05, 0.1) is 5.52 Å². The topological polar surface area (TPSA) is 115 Å². The van der Waals surface area contributed by atoms with Crippen LogP contribution in [0.25, 0.3) is 21.8 Å². The average molecular weight is 450 g/mol. The Labute approximate surface area is 189 Å². The molecule has 0 bridgehead atoms. The van der Waals surface area contributed by atoms with E-state index < -0.39 is 11.9 Å². The average Bonchev–Trinajstić information content (AvgIpc) is 3.11. The standard InChI is InChI=1S/C21H19FN2O.C4H4O4/c22-16-6-3-5-15(13-16)14-24-18-8-2-1-7-17(18)21-19(24)9-4-10-20(21)25-12-11-23;5-3(6)1-2-4(7)8/h1-10,13H,11-12,14,23H2;1-2H,(H,5,6)(H,7,8)/b;2-1+. The predicted molar refractivity (Wildman–Crippen MR) is 124 cm³/mol. The zero-order valence-electron chi connectivity index (χ0n) is 17.6. The predicted octanol–water partition coefficient (Wildman–Crippen LogP) is 4.03. The molecule has 3 aromatic carbocycles. The lowest BCUT2D eigenvalue weighted by molar-refractivity contribution is -0.134. The molecule has 0 aliphatic heterocycles. The van der Waals surface area contributed by atoms with Crippen molar-refractivity contribution in [2.45, 2.75) is 6.54 Å². The summed E-state index contributed by atoms with van der Waals surface area (Å²) in [6.07, 6.45) is 1.12. The summed E-state index contributed by atoms with van der Waals surface area (Å²) in [4.78, 5) is 19.1. The Kier molecular flexibility index (Phi) is 7.77. The van der Waals surface area contributed by atoms with Gasteiger partial charge in [0.1, 0.15) is 18.2 Å². The molecule has 0 atom stereocenters. The molecule has 7 nitrogen and oxygen atoms in total. The van der Waals surface area contributed by atoms with Crippen LogP contribution in [0.5, 0.6) is 5.75 Å². The molecule has 0 radical (unpaired) electrons. The van der Waals surface area contributed by atoms with E-state index in [2.05, 4.69) is 22.8 Å². The number of benzene rings is 3. The molecule has 0 saturated heterocycles. The second-order valence-corrected chi connectivity index (χ2v) is 7.03. The molecule has 4 N–H and O–H groups in total. The summed E-state index contributed by atoms with van der Waals surface area (Å²) in [5.74, 6) is -1.90. The second kappa shape index (κ2) is 10.9. The van der Waals surface area contributed by atoms with Crippen molar-refractivity contribution in [3.8, 4) is 5.75 Å². The number of aromatic nitrogens is 1. The third-order valence-corrected chi connectivity index (χ3v) is 4.73. The number of ether oxygens (including phenoxy) is 1. The molecule has 8 heteroatoms. The van der Waals surface area contributed by atoms with Gasteiger partial charge < -0.3 is 25.3 Å². The summed E-state index contributed by atoms with van der Waals surface area (Å²) in [5, 5.41) is 17.8. The van der Waals surface area contributed by atoms with Gasteiger partial charge in [-0.3, -0.25) is 0 Å². The fourth-order valence-corrected chi connectivity index (χ4v) is 3.49. The van der Waals surface area contributed by atoms with Gasteiger partial charge in [-0.1, -0.05) is 36.4 Å². The fraction of sp³-hybridized carbons (Fsp3) is 0.120. The minimum absolute atomic E-state index is 0.217. The first kappa shape index (κ1) is 23.5. The van der Waals surface area contributed by atoms with E-state index in [1.807, 2.05) is 30.3 Å². The largest absolute Gasteiger partial charge is 0.492 e. The van der Waals surface area contributed by atoms with E-state index >= 15 is 0 Å². The Morgan fingerprint density at radius 1 is 0.939 bits per heavy atom. The molecule has 0 saturated carbocycles. The molecule has 1 heterocycles. The number of nitrogens with two attached hydrogens (primary N) is 1. The zero-order valence-corrected chi connectivity index (χ0v) is 17.6. The maximum absolute atomic E-state index is 13.6. The maximum atomic E-state index is 13.6. The summed E-state index contributed by atoms with van der Waals surface area (Å²) in [6.45, 7) is 1.54. The summed E-state index contributed by atoms with van der Waals surface area (Å²) in [7, 11) is 0. The Hall–Kier alpha value is -4.17. The molecule has 0 spiro atoms. The quantitative estimate of drug-likeness (QED) is 0.366. The molecular weight excluding hydrogens is 427 g/mol. The van der Waals surface area contributed by atoms with Crippen molar-refractivity contribution in [1.82, 2.24) is 4.57 Å². The van der Waals surface area contributed by atoms with Crippen molar-refractivity contribution in [3.63, 3.8) is 0 Å². The van der Waals surface area contributed by atoms with Crippen molar-refractivity contribution >= 4 is 33.7 Å². The third kappa shape index (κ3) is 5.96. The van der Waals surface area contributed by atoms with E-state index in [0.717, 1.165) is 33.1 Å².